The van der Waals surface area contributed by atoms with Crippen molar-refractivity contribution in [3.05, 3.63) is 69.3 Å². The predicted molar refractivity (Wildman–Crippen MR) is 108 cm³/mol. The van der Waals surface area contributed by atoms with Crippen LogP contribution in [0.25, 0.3) is 0 Å². The van der Waals surface area contributed by atoms with E-state index in [1.54, 1.807) is 6.07 Å². The Morgan fingerprint density at radius 1 is 1.00 bits per heavy atom. The van der Waals surface area contributed by atoms with Gasteiger partial charge < -0.3 is 10.6 Å². The average molecular weight is 450 g/mol. The van der Waals surface area contributed by atoms with Gasteiger partial charge >= 0.3 is 0 Å². The van der Waals surface area contributed by atoms with Gasteiger partial charge in [-0.05, 0) is 52.6 Å². The van der Waals surface area contributed by atoms with Gasteiger partial charge in [-0.2, -0.15) is 0 Å². The van der Waals surface area contributed by atoms with Gasteiger partial charge in [0.25, 0.3) is 5.91 Å². The minimum atomic E-state index is -0.236. The van der Waals surface area contributed by atoms with Crippen LogP contribution in [0.15, 0.2) is 54.6 Å². The summed E-state index contributed by atoms with van der Waals surface area (Å²) in [5.74, 6) is 0.0278. The predicted octanol–water partition coefficient (Wildman–Crippen LogP) is 3.92. The summed E-state index contributed by atoms with van der Waals surface area (Å²) >= 11 is 2.11. The van der Waals surface area contributed by atoms with E-state index in [0.29, 0.717) is 11.5 Å². The molecule has 2 aromatic rings. The van der Waals surface area contributed by atoms with Crippen LogP contribution in [0.3, 0.4) is 0 Å². The zero-order valence-electron chi connectivity index (χ0n) is 14.5. The highest BCUT2D eigenvalue weighted by molar-refractivity contribution is 14.1. The minimum absolute atomic E-state index is 0.0365. The molecule has 1 unspecified atom stereocenters. The molecule has 0 aliphatic heterocycles. The van der Waals surface area contributed by atoms with Gasteiger partial charge in [-0.15, -0.1) is 0 Å². The Labute approximate surface area is 162 Å². The van der Waals surface area contributed by atoms with E-state index in [4.69, 9.17) is 0 Å². The van der Waals surface area contributed by atoms with Crippen molar-refractivity contribution < 1.29 is 9.59 Å². The zero-order valence-corrected chi connectivity index (χ0v) is 16.6. The number of benzene rings is 2. The average Bonchev–Trinajstić information content (AvgIpc) is 2.60. The molecule has 0 heterocycles. The largest absolute Gasteiger partial charge is 0.348 e. The molecule has 25 heavy (non-hydrogen) atoms. The van der Waals surface area contributed by atoms with Crippen molar-refractivity contribution in [2.24, 2.45) is 5.92 Å². The summed E-state index contributed by atoms with van der Waals surface area (Å²) in [7, 11) is 0. The lowest BCUT2D eigenvalue weighted by atomic mass is 9.97. The van der Waals surface area contributed by atoms with E-state index in [-0.39, 0.29) is 24.4 Å². The summed E-state index contributed by atoms with van der Waals surface area (Å²) < 4.78 is 0.861. The van der Waals surface area contributed by atoms with Crippen molar-refractivity contribution in [3.63, 3.8) is 0 Å². The molecule has 1 atom stereocenters. The van der Waals surface area contributed by atoms with Crippen molar-refractivity contribution in [1.29, 1.82) is 0 Å². The van der Waals surface area contributed by atoms with Crippen LogP contribution in [-0.2, 0) is 4.79 Å². The summed E-state index contributed by atoms with van der Waals surface area (Å²) in [6.45, 7) is 4.22. The quantitative estimate of drug-likeness (QED) is 0.629. The third kappa shape index (κ3) is 6.16. The third-order valence-corrected chi connectivity index (χ3v) is 4.71. The molecule has 4 nitrogen and oxygen atoms in total. The lowest BCUT2D eigenvalue weighted by Gasteiger charge is -2.21. The number of halogens is 1. The summed E-state index contributed by atoms with van der Waals surface area (Å²) in [6.07, 6.45) is 0.848. The van der Waals surface area contributed by atoms with E-state index in [9.17, 15) is 9.59 Å². The van der Waals surface area contributed by atoms with Crippen molar-refractivity contribution in [3.8, 4) is 0 Å². The maximum absolute atomic E-state index is 12.3. The Bertz CT molecular complexity index is 717. The van der Waals surface area contributed by atoms with Gasteiger partial charge in [0.2, 0.25) is 5.91 Å². The Morgan fingerprint density at radius 2 is 1.64 bits per heavy atom. The first kappa shape index (κ1) is 19.4. The van der Waals surface area contributed by atoms with Crippen LogP contribution in [0.2, 0.25) is 0 Å². The normalized spacial score (nSPS) is 11.8. The molecular weight excluding hydrogens is 427 g/mol. The second-order valence-electron chi connectivity index (χ2n) is 6.32. The van der Waals surface area contributed by atoms with Crippen LogP contribution in [0.1, 0.15) is 42.2 Å². The third-order valence-electron chi connectivity index (χ3n) is 3.77. The molecule has 2 aromatic carbocycles. The topological polar surface area (TPSA) is 58.2 Å². The number of hydrogen-bond donors (Lipinski definition) is 2. The SMILES string of the molecule is CC(C)CC(NC(=O)CNC(=O)c1ccccc1I)c1ccccc1. The van der Waals surface area contributed by atoms with E-state index in [1.165, 1.54) is 0 Å². The highest BCUT2D eigenvalue weighted by Crippen LogP contribution is 2.20. The molecule has 2 rings (SSSR count). The molecule has 2 amide bonds. The Kier molecular flexibility index (Phi) is 7.43. The molecule has 0 spiro atoms. The smallest absolute Gasteiger partial charge is 0.252 e. The first-order chi connectivity index (χ1) is 12.0. The first-order valence-electron chi connectivity index (χ1n) is 8.34. The van der Waals surface area contributed by atoms with E-state index >= 15 is 0 Å². The highest BCUT2D eigenvalue weighted by Gasteiger charge is 2.17. The van der Waals surface area contributed by atoms with Crippen LogP contribution in [0.4, 0.5) is 0 Å². The lowest BCUT2D eigenvalue weighted by Crippen LogP contribution is -2.39. The number of carbonyl (C=O) groups excluding carboxylic acids is 2. The van der Waals surface area contributed by atoms with E-state index in [0.717, 1.165) is 15.6 Å². The number of amides is 2. The van der Waals surface area contributed by atoms with E-state index in [1.807, 2.05) is 48.5 Å². The van der Waals surface area contributed by atoms with Gasteiger partial charge in [-0.1, -0.05) is 56.3 Å². The van der Waals surface area contributed by atoms with E-state index < -0.39 is 0 Å². The molecule has 0 radical (unpaired) electrons. The first-order valence-corrected chi connectivity index (χ1v) is 9.42. The van der Waals surface area contributed by atoms with Gasteiger partial charge in [-0.25, -0.2) is 0 Å². The van der Waals surface area contributed by atoms with Gasteiger partial charge in [-0.3, -0.25) is 9.59 Å². The molecule has 5 heteroatoms. The number of hydrogen-bond acceptors (Lipinski definition) is 2. The lowest BCUT2D eigenvalue weighted by molar-refractivity contribution is -0.121. The molecule has 0 aliphatic rings. The highest BCUT2D eigenvalue weighted by atomic mass is 127. The van der Waals surface area contributed by atoms with Crippen LogP contribution >= 0.6 is 22.6 Å². The molecule has 0 bridgehead atoms. The maximum atomic E-state index is 12.3. The summed E-state index contributed by atoms with van der Waals surface area (Å²) in [6, 6.07) is 17.2. The fourth-order valence-corrected chi connectivity index (χ4v) is 3.21. The molecule has 0 saturated carbocycles. The van der Waals surface area contributed by atoms with Crippen molar-refractivity contribution >= 4 is 34.4 Å². The Balaban J connectivity index is 1.95. The van der Waals surface area contributed by atoms with Gasteiger partial charge in [0, 0.05) is 3.57 Å². The van der Waals surface area contributed by atoms with Crippen molar-refractivity contribution in [1.82, 2.24) is 10.6 Å². The monoisotopic (exact) mass is 450 g/mol. The molecular formula is C20H23IN2O2. The van der Waals surface area contributed by atoms with Crippen LogP contribution in [0, 0.1) is 9.49 Å². The zero-order chi connectivity index (χ0) is 18.2. The molecule has 2 N–H and O–H groups in total. The molecule has 0 saturated heterocycles. The van der Waals surface area contributed by atoms with Crippen LogP contribution in [0.5, 0.6) is 0 Å². The fraction of sp³-hybridized carbons (Fsp3) is 0.300. The Hall–Kier alpha value is -1.89. The van der Waals surface area contributed by atoms with Crippen LogP contribution in [-0.4, -0.2) is 18.4 Å². The second kappa shape index (κ2) is 9.56. The summed E-state index contributed by atoms with van der Waals surface area (Å²) in [5.41, 5.74) is 1.66. The van der Waals surface area contributed by atoms with Crippen molar-refractivity contribution in [2.45, 2.75) is 26.3 Å². The minimum Gasteiger partial charge on any atom is -0.348 e. The van der Waals surface area contributed by atoms with E-state index in [2.05, 4.69) is 47.1 Å². The fourth-order valence-electron chi connectivity index (χ4n) is 2.58. The standard InChI is InChI=1S/C20H23IN2O2/c1-14(2)12-18(15-8-4-3-5-9-15)23-19(24)13-22-20(25)16-10-6-7-11-17(16)21/h3-11,14,18H,12-13H2,1-2H3,(H,22,25)(H,23,24). The number of nitrogens with one attached hydrogen (secondary N) is 2. The number of carbonyl (C=O) groups is 2. The Morgan fingerprint density at radius 3 is 2.28 bits per heavy atom. The summed E-state index contributed by atoms with van der Waals surface area (Å²) in [5, 5.41) is 5.72. The van der Waals surface area contributed by atoms with Gasteiger partial charge in [0.15, 0.2) is 0 Å². The summed E-state index contributed by atoms with van der Waals surface area (Å²) in [4.78, 5) is 24.5. The molecule has 0 aliphatic carbocycles. The van der Waals surface area contributed by atoms with Gasteiger partial charge in [0.05, 0.1) is 18.2 Å². The van der Waals surface area contributed by atoms with Crippen LogP contribution < -0.4 is 10.6 Å². The number of rotatable bonds is 7. The molecule has 132 valence electrons. The molecule has 0 fully saturated rings. The van der Waals surface area contributed by atoms with Gasteiger partial charge in [0.1, 0.15) is 0 Å². The second-order valence-corrected chi connectivity index (χ2v) is 7.49. The molecule has 0 aromatic heterocycles. The maximum Gasteiger partial charge on any atom is 0.252 e. The van der Waals surface area contributed by atoms with Crippen molar-refractivity contribution in [2.75, 3.05) is 6.54 Å².